The van der Waals surface area contributed by atoms with Crippen molar-refractivity contribution in [1.82, 2.24) is 30.3 Å². The Kier molecular flexibility index (Phi) is 3.82. The monoisotopic (exact) mass is 267 g/mol. The van der Waals surface area contributed by atoms with Crippen molar-refractivity contribution in [3.63, 3.8) is 0 Å². The molecule has 2 heterocycles. The summed E-state index contributed by atoms with van der Waals surface area (Å²) in [6, 6.07) is 0. The van der Waals surface area contributed by atoms with Crippen LogP contribution in [-0.2, 0) is 6.54 Å². The van der Waals surface area contributed by atoms with Crippen LogP contribution in [0.4, 0.5) is 5.13 Å². The van der Waals surface area contributed by atoms with Crippen molar-refractivity contribution >= 4 is 22.4 Å². The Hall–Kier alpha value is -2.03. The third-order valence-corrected chi connectivity index (χ3v) is 3.00. The van der Waals surface area contributed by atoms with Gasteiger partial charge in [0.1, 0.15) is 12.2 Å². The highest BCUT2D eigenvalue weighted by atomic mass is 32.1. The molecule has 0 bridgehead atoms. The second-order valence-corrected chi connectivity index (χ2v) is 4.51. The molecule has 0 aliphatic rings. The van der Waals surface area contributed by atoms with E-state index in [1.807, 2.05) is 6.92 Å². The molecular weight excluding hydrogens is 254 g/mol. The molecule has 0 saturated heterocycles. The van der Waals surface area contributed by atoms with Gasteiger partial charge in [-0.3, -0.25) is 9.89 Å². The summed E-state index contributed by atoms with van der Waals surface area (Å²) in [5, 5.41) is 18.2. The van der Waals surface area contributed by atoms with Gasteiger partial charge in [0.05, 0.1) is 6.54 Å². The number of nitrogens with one attached hydrogen (secondary N) is 2. The Morgan fingerprint density at radius 1 is 1.56 bits per heavy atom. The van der Waals surface area contributed by atoms with Gasteiger partial charge in [-0.1, -0.05) is 11.3 Å². The normalized spacial score (nSPS) is 10.3. The summed E-state index contributed by atoms with van der Waals surface area (Å²) >= 11 is 1.24. The van der Waals surface area contributed by atoms with Crippen LogP contribution in [0, 0.1) is 0 Å². The fraction of sp³-hybridized carbons (Fsp3) is 0.444. The molecule has 0 fully saturated rings. The number of aromatic amines is 1. The molecule has 8 nitrogen and oxygen atoms in total. The van der Waals surface area contributed by atoms with Gasteiger partial charge >= 0.3 is 0 Å². The molecule has 0 unspecified atom stereocenters. The number of H-pyrrole nitrogens is 1. The van der Waals surface area contributed by atoms with Gasteiger partial charge in [0.2, 0.25) is 10.1 Å². The minimum atomic E-state index is -0.187. The SMILES string of the molecule is CCNc1nnc(C(=O)N(C)Cc2ncn[nH]2)s1. The van der Waals surface area contributed by atoms with E-state index in [4.69, 9.17) is 0 Å². The first-order chi connectivity index (χ1) is 8.70. The molecule has 0 spiro atoms. The fourth-order valence-corrected chi connectivity index (χ4v) is 2.11. The summed E-state index contributed by atoms with van der Waals surface area (Å²) in [6.45, 7) is 3.06. The second kappa shape index (κ2) is 5.54. The molecule has 2 N–H and O–H groups in total. The molecule has 0 aliphatic heterocycles. The van der Waals surface area contributed by atoms with Gasteiger partial charge in [-0.05, 0) is 6.92 Å². The largest absolute Gasteiger partial charge is 0.360 e. The zero-order valence-electron chi connectivity index (χ0n) is 10.0. The average molecular weight is 267 g/mol. The molecule has 96 valence electrons. The third-order valence-electron chi connectivity index (χ3n) is 2.13. The van der Waals surface area contributed by atoms with E-state index in [2.05, 4.69) is 30.7 Å². The minimum Gasteiger partial charge on any atom is -0.360 e. The summed E-state index contributed by atoms with van der Waals surface area (Å²) in [5.74, 6) is 0.440. The molecular formula is C9H13N7OS. The lowest BCUT2D eigenvalue weighted by Gasteiger charge is -2.12. The molecule has 2 aromatic heterocycles. The van der Waals surface area contributed by atoms with Crippen molar-refractivity contribution in [3.8, 4) is 0 Å². The first-order valence-electron chi connectivity index (χ1n) is 5.37. The number of anilines is 1. The zero-order valence-corrected chi connectivity index (χ0v) is 10.9. The highest BCUT2D eigenvalue weighted by molar-refractivity contribution is 7.17. The maximum absolute atomic E-state index is 12.0. The van der Waals surface area contributed by atoms with Crippen LogP contribution in [0.1, 0.15) is 22.6 Å². The van der Waals surface area contributed by atoms with Gasteiger partial charge in [0, 0.05) is 13.6 Å². The number of hydrogen-bond donors (Lipinski definition) is 2. The van der Waals surface area contributed by atoms with Gasteiger partial charge in [0.15, 0.2) is 0 Å². The number of rotatable bonds is 5. The molecule has 0 aromatic carbocycles. The Bertz CT molecular complexity index is 509. The lowest BCUT2D eigenvalue weighted by Crippen LogP contribution is -2.26. The number of carbonyl (C=O) groups is 1. The first kappa shape index (κ1) is 12.4. The molecule has 0 atom stereocenters. The van der Waals surface area contributed by atoms with Crippen LogP contribution in [0.5, 0.6) is 0 Å². The molecule has 2 aromatic rings. The van der Waals surface area contributed by atoms with E-state index < -0.39 is 0 Å². The number of amides is 1. The number of nitrogens with zero attached hydrogens (tertiary/aromatic N) is 5. The Morgan fingerprint density at radius 3 is 3.06 bits per heavy atom. The lowest BCUT2D eigenvalue weighted by molar-refractivity contribution is 0.0780. The molecule has 0 saturated carbocycles. The van der Waals surface area contributed by atoms with Crippen LogP contribution in [-0.4, -0.2) is 49.8 Å². The maximum atomic E-state index is 12.0. The smallest absolute Gasteiger partial charge is 0.285 e. The van der Waals surface area contributed by atoms with Crippen molar-refractivity contribution in [2.75, 3.05) is 18.9 Å². The van der Waals surface area contributed by atoms with Gasteiger partial charge in [-0.25, -0.2) is 4.98 Å². The molecule has 0 radical (unpaired) electrons. The topological polar surface area (TPSA) is 99.7 Å². The summed E-state index contributed by atoms with van der Waals surface area (Å²) < 4.78 is 0. The van der Waals surface area contributed by atoms with Crippen LogP contribution in [0.3, 0.4) is 0 Å². The van der Waals surface area contributed by atoms with E-state index in [0.717, 1.165) is 6.54 Å². The number of hydrogen-bond acceptors (Lipinski definition) is 7. The van der Waals surface area contributed by atoms with E-state index in [0.29, 0.717) is 22.5 Å². The van der Waals surface area contributed by atoms with Gasteiger partial charge in [-0.2, -0.15) is 5.10 Å². The van der Waals surface area contributed by atoms with Crippen molar-refractivity contribution < 1.29 is 4.79 Å². The van der Waals surface area contributed by atoms with E-state index >= 15 is 0 Å². The quantitative estimate of drug-likeness (QED) is 0.811. The van der Waals surface area contributed by atoms with Crippen LogP contribution in [0.2, 0.25) is 0 Å². The highest BCUT2D eigenvalue weighted by Crippen LogP contribution is 2.16. The standard InChI is InChI=1S/C9H13N7OS/c1-3-10-9-15-14-7(18-9)8(17)16(2)4-6-11-5-12-13-6/h5H,3-4H2,1-2H3,(H,10,15)(H,11,12,13). The van der Waals surface area contributed by atoms with Gasteiger partial charge in [0.25, 0.3) is 5.91 Å². The lowest BCUT2D eigenvalue weighted by atomic mass is 10.5. The van der Waals surface area contributed by atoms with Crippen LogP contribution in [0.25, 0.3) is 0 Å². The van der Waals surface area contributed by atoms with Crippen LogP contribution < -0.4 is 5.32 Å². The van der Waals surface area contributed by atoms with Crippen molar-refractivity contribution in [3.05, 3.63) is 17.2 Å². The van der Waals surface area contributed by atoms with E-state index in [9.17, 15) is 4.79 Å². The van der Waals surface area contributed by atoms with E-state index in [1.165, 1.54) is 22.6 Å². The predicted octanol–water partition coefficient (Wildman–Crippen LogP) is 0.360. The Morgan fingerprint density at radius 2 is 2.39 bits per heavy atom. The molecule has 18 heavy (non-hydrogen) atoms. The van der Waals surface area contributed by atoms with Crippen molar-refractivity contribution in [2.24, 2.45) is 0 Å². The Labute approximate surface area is 107 Å². The van der Waals surface area contributed by atoms with Crippen molar-refractivity contribution in [1.29, 1.82) is 0 Å². The van der Waals surface area contributed by atoms with Crippen LogP contribution >= 0.6 is 11.3 Å². The van der Waals surface area contributed by atoms with Gasteiger partial charge < -0.3 is 10.2 Å². The summed E-state index contributed by atoms with van der Waals surface area (Å²) in [5.41, 5.74) is 0. The molecule has 2 rings (SSSR count). The summed E-state index contributed by atoms with van der Waals surface area (Å²) in [7, 11) is 1.68. The molecule has 0 aliphatic carbocycles. The summed E-state index contributed by atoms with van der Waals surface area (Å²) in [6.07, 6.45) is 1.40. The second-order valence-electron chi connectivity index (χ2n) is 3.54. The van der Waals surface area contributed by atoms with E-state index in [-0.39, 0.29) is 5.91 Å². The zero-order chi connectivity index (χ0) is 13.0. The summed E-state index contributed by atoms with van der Waals surface area (Å²) in [4.78, 5) is 17.5. The third kappa shape index (κ3) is 2.80. The predicted molar refractivity (Wildman–Crippen MR) is 66.3 cm³/mol. The minimum absolute atomic E-state index is 0.187. The first-order valence-corrected chi connectivity index (χ1v) is 6.19. The van der Waals surface area contributed by atoms with Crippen molar-refractivity contribution in [2.45, 2.75) is 13.5 Å². The van der Waals surface area contributed by atoms with E-state index in [1.54, 1.807) is 7.05 Å². The maximum Gasteiger partial charge on any atom is 0.285 e. The van der Waals surface area contributed by atoms with Crippen LogP contribution in [0.15, 0.2) is 6.33 Å². The Balaban J connectivity index is 2.01. The molecule has 9 heteroatoms. The highest BCUT2D eigenvalue weighted by Gasteiger charge is 2.18. The fourth-order valence-electron chi connectivity index (χ4n) is 1.30. The molecule has 1 amide bonds. The van der Waals surface area contributed by atoms with Gasteiger partial charge in [-0.15, -0.1) is 10.2 Å². The average Bonchev–Trinajstić information content (AvgIpc) is 3.00. The number of carbonyl (C=O) groups excluding carboxylic acids is 1. The number of aromatic nitrogens is 5.